The fourth-order valence-electron chi connectivity index (χ4n) is 1.22. The van der Waals surface area contributed by atoms with Crippen molar-refractivity contribution in [2.45, 2.75) is 39.5 Å². The van der Waals surface area contributed by atoms with Crippen LogP contribution in [0.3, 0.4) is 0 Å². The highest BCUT2D eigenvalue weighted by atomic mass is 32.1. The number of anilines is 1. The summed E-state index contributed by atoms with van der Waals surface area (Å²) in [6, 6.07) is 0. The van der Waals surface area contributed by atoms with E-state index in [9.17, 15) is 18.0 Å². The second kappa shape index (κ2) is 4.79. The van der Waals surface area contributed by atoms with Crippen molar-refractivity contribution in [2.75, 3.05) is 5.32 Å². The largest absolute Gasteiger partial charge is 0.444 e. The Hall–Kier alpha value is -1.24. The average Bonchev–Trinajstić information content (AvgIpc) is 2.43. The Morgan fingerprint density at radius 1 is 1.33 bits per heavy atom. The Labute approximate surface area is 107 Å². The first-order valence-corrected chi connectivity index (χ1v) is 6.04. The predicted octanol–water partition coefficient (Wildman–Crippen LogP) is 4.42. The van der Waals surface area contributed by atoms with Crippen molar-refractivity contribution in [3.05, 3.63) is 16.5 Å². The minimum atomic E-state index is -4.41. The van der Waals surface area contributed by atoms with Crippen LogP contribution in [0.1, 0.15) is 31.9 Å². The summed E-state index contributed by atoms with van der Waals surface area (Å²) >= 11 is 0.825. The molecule has 0 bridgehead atoms. The number of thiophene rings is 1. The lowest BCUT2D eigenvalue weighted by molar-refractivity contribution is -0.137. The van der Waals surface area contributed by atoms with Gasteiger partial charge in [0.2, 0.25) is 0 Å². The third-order valence-corrected chi connectivity index (χ3v) is 2.96. The first-order chi connectivity index (χ1) is 8.00. The molecule has 18 heavy (non-hydrogen) atoms. The lowest BCUT2D eigenvalue weighted by atomic mass is 10.2. The molecule has 0 aliphatic carbocycles. The lowest BCUT2D eigenvalue weighted by Gasteiger charge is -2.19. The molecule has 0 radical (unpaired) electrons. The van der Waals surface area contributed by atoms with E-state index in [0.29, 0.717) is 0 Å². The van der Waals surface area contributed by atoms with E-state index >= 15 is 0 Å². The maximum absolute atomic E-state index is 12.5. The molecule has 0 saturated heterocycles. The number of nitrogens with one attached hydrogen (secondary N) is 1. The van der Waals surface area contributed by atoms with Gasteiger partial charge in [0.05, 0.1) is 5.56 Å². The molecule has 0 aliphatic rings. The normalized spacial score (nSPS) is 12.4. The third kappa shape index (κ3) is 3.90. The highest BCUT2D eigenvalue weighted by Gasteiger charge is 2.34. The van der Waals surface area contributed by atoms with Gasteiger partial charge in [-0.05, 0) is 33.3 Å². The van der Waals surface area contributed by atoms with Gasteiger partial charge in [0, 0.05) is 5.38 Å². The lowest BCUT2D eigenvalue weighted by Crippen LogP contribution is -2.27. The zero-order valence-corrected chi connectivity index (χ0v) is 11.3. The summed E-state index contributed by atoms with van der Waals surface area (Å²) in [5, 5.41) is 3.44. The SMILES string of the molecule is Cc1c(C(F)(F)F)csc1NC(=O)OC(C)(C)C. The Morgan fingerprint density at radius 2 is 1.89 bits per heavy atom. The van der Waals surface area contributed by atoms with Crippen LogP contribution < -0.4 is 5.32 Å². The molecule has 0 aliphatic heterocycles. The molecule has 1 heterocycles. The molecule has 0 unspecified atom stereocenters. The fourth-order valence-corrected chi connectivity index (χ4v) is 2.19. The van der Waals surface area contributed by atoms with Crippen LogP contribution in [0.2, 0.25) is 0 Å². The molecule has 0 atom stereocenters. The van der Waals surface area contributed by atoms with E-state index in [4.69, 9.17) is 4.74 Å². The summed E-state index contributed by atoms with van der Waals surface area (Å²) in [6.07, 6.45) is -5.17. The quantitative estimate of drug-likeness (QED) is 0.827. The Balaban J connectivity index is 2.82. The Bertz CT molecular complexity index is 446. The second-order valence-electron chi connectivity index (χ2n) is 4.73. The predicted molar refractivity (Wildman–Crippen MR) is 63.9 cm³/mol. The number of carbonyl (C=O) groups is 1. The maximum Gasteiger partial charge on any atom is 0.417 e. The molecule has 102 valence electrons. The molecule has 7 heteroatoms. The number of ether oxygens (including phenoxy) is 1. The number of amides is 1. The molecular formula is C11H14F3NO2S. The molecular weight excluding hydrogens is 267 g/mol. The average molecular weight is 281 g/mol. The van der Waals surface area contributed by atoms with Gasteiger partial charge in [-0.2, -0.15) is 13.2 Å². The van der Waals surface area contributed by atoms with Crippen LogP contribution in [0.4, 0.5) is 23.0 Å². The third-order valence-electron chi connectivity index (χ3n) is 1.96. The van der Waals surface area contributed by atoms with Crippen LogP contribution in [0.25, 0.3) is 0 Å². The molecule has 3 nitrogen and oxygen atoms in total. The Morgan fingerprint density at radius 3 is 2.28 bits per heavy atom. The minimum absolute atomic E-state index is 0.00152. The molecule has 1 aromatic heterocycles. The van der Waals surface area contributed by atoms with E-state index in [1.807, 2.05) is 0 Å². The smallest absolute Gasteiger partial charge is 0.417 e. The summed E-state index contributed by atoms with van der Waals surface area (Å²) < 4.78 is 42.6. The van der Waals surface area contributed by atoms with Crippen molar-refractivity contribution in [3.8, 4) is 0 Å². The summed E-state index contributed by atoms with van der Waals surface area (Å²) in [5.74, 6) is 0. The molecule has 1 amide bonds. The van der Waals surface area contributed by atoms with Gasteiger partial charge in [-0.3, -0.25) is 5.32 Å². The number of hydrogen-bond donors (Lipinski definition) is 1. The summed E-state index contributed by atoms with van der Waals surface area (Å²) in [5.41, 5.74) is -1.43. The second-order valence-corrected chi connectivity index (χ2v) is 5.61. The molecule has 0 fully saturated rings. The van der Waals surface area contributed by atoms with Crippen molar-refractivity contribution in [3.63, 3.8) is 0 Å². The number of halogens is 3. The fraction of sp³-hybridized carbons (Fsp3) is 0.545. The standard InChI is InChI=1S/C11H14F3NO2S/c1-6-7(11(12,13)14)5-18-8(6)15-9(16)17-10(2,3)4/h5H,1-4H3,(H,15,16). The van der Waals surface area contributed by atoms with E-state index in [2.05, 4.69) is 5.32 Å². The van der Waals surface area contributed by atoms with E-state index < -0.39 is 23.4 Å². The highest BCUT2D eigenvalue weighted by molar-refractivity contribution is 7.14. The van der Waals surface area contributed by atoms with E-state index in [1.54, 1.807) is 20.8 Å². The van der Waals surface area contributed by atoms with Crippen molar-refractivity contribution in [1.82, 2.24) is 0 Å². The van der Waals surface area contributed by atoms with Crippen LogP contribution in [-0.4, -0.2) is 11.7 Å². The van der Waals surface area contributed by atoms with Crippen molar-refractivity contribution < 1.29 is 22.7 Å². The maximum atomic E-state index is 12.5. The van der Waals surface area contributed by atoms with Crippen molar-refractivity contribution in [1.29, 1.82) is 0 Å². The van der Waals surface area contributed by atoms with Gasteiger partial charge in [0.1, 0.15) is 10.6 Å². The van der Waals surface area contributed by atoms with Gasteiger partial charge in [0.15, 0.2) is 0 Å². The van der Waals surface area contributed by atoms with Crippen LogP contribution in [0.5, 0.6) is 0 Å². The molecule has 1 aromatic rings. The Kier molecular flexibility index (Phi) is 3.95. The zero-order valence-electron chi connectivity index (χ0n) is 10.4. The molecule has 0 saturated carbocycles. The monoisotopic (exact) mass is 281 g/mol. The van der Waals surface area contributed by atoms with Crippen LogP contribution in [-0.2, 0) is 10.9 Å². The van der Waals surface area contributed by atoms with Gasteiger partial charge in [-0.25, -0.2) is 4.79 Å². The summed E-state index contributed by atoms with van der Waals surface area (Å²) in [6.45, 7) is 6.34. The minimum Gasteiger partial charge on any atom is -0.444 e. The van der Waals surface area contributed by atoms with Crippen LogP contribution in [0.15, 0.2) is 5.38 Å². The number of hydrogen-bond acceptors (Lipinski definition) is 3. The summed E-state index contributed by atoms with van der Waals surface area (Å²) in [7, 11) is 0. The molecule has 1 N–H and O–H groups in total. The van der Waals surface area contributed by atoms with Gasteiger partial charge in [0.25, 0.3) is 0 Å². The number of alkyl halides is 3. The molecule has 1 rings (SSSR count). The first kappa shape index (κ1) is 14.8. The zero-order chi connectivity index (χ0) is 14.1. The van der Waals surface area contributed by atoms with Crippen molar-refractivity contribution >= 4 is 22.4 Å². The molecule has 0 aromatic carbocycles. The number of carbonyl (C=O) groups excluding carboxylic acids is 1. The van der Waals surface area contributed by atoms with E-state index in [0.717, 1.165) is 16.7 Å². The summed E-state index contributed by atoms with van der Waals surface area (Å²) in [4.78, 5) is 11.4. The van der Waals surface area contributed by atoms with Crippen LogP contribution >= 0.6 is 11.3 Å². The van der Waals surface area contributed by atoms with Gasteiger partial charge in [-0.1, -0.05) is 0 Å². The van der Waals surface area contributed by atoms with Crippen LogP contribution in [0, 0.1) is 6.92 Å². The molecule has 0 spiro atoms. The highest BCUT2D eigenvalue weighted by Crippen LogP contribution is 2.38. The first-order valence-electron chi connectivity index (χ1n) is 5.16. The van der Waals surface area contributed by atoms with Gasteiger partial charge >= 0.3 is 12.3 Å². The van der Waals surface area contributed by atoms with Gasteiger partial charge in [-0.15, -0.1) is 11.3 Å². The van der Waals surface area contributed by atoms with Gasteiger partial charge < -0.3 is 4.74 Å². The van der Waals surface area contributed by atoms with E-state index in [1.165, 1.54) is 6.92 Å². The number of rotatable bonds is 1. The topological polar surface area (TPSA) is 38.3 Å². The van der Waals surface area contributed by atoms with E-state index in [-0.39, 0.29) is 10.6 Å². The van der Waals surface area contributed by atoms with Crippen molar-refractivity contribution in [2.24, 2.45) is 0 Å².